The fraction of sp³-hybridized carbons (Fsp3) is 0.167. The van der Waals surface area contributed by atoms with Crippen molar-refractivity contribution < 1.29 is 5.11 Å². The predicted octanol–water partition coefficient (Wildman–Crippen LogP) is 3.55. The first-order chi connectivity index (χ1) is 11.2. The molecule has 1 heterocycles. The van der Waals surface area contributed by atoms with Gasteiger partial charge in [0.05, 0.1) is 11.8 Å². The second kappa shape index (κ2) is 7.42. The van der Waals surface area contributed by atoms with Gasteiger partial charge in [-0.1, -0.05) is 60.1 Å². The first-order valence-electron chi connectivity index (χ1n) is 7.47. The average Bonchev–Trinajstić information content (AvgIpc) is 3.05. The molecule has 0 aliphatic carbocycles. The highest BCUT2D eigenvalue weighted by Gasteiger charge is 2.11. The van der Waals surface area contributed by atoms with Crippen LogP contribution in [-0.4, -0.2) is 21.8 Å². The van der Waals surface area contributed by atoms with Gasteiger partial charge in [0, 0.05) is 34.9 Å². The fourth-order valence-electron chi connectivity index (χ4n) is 2.41. The molecule has 0 aliphatic rings. The van der Waals surface area contributed by atoms with E-state index < -0.39 is 6.10 Å². The van der Waals surface area contributed by atoms with Crippen LogP contribution in [0.4, 0.5) is 0 Å². The van der Waals surface area contributed by atoms with Gasteiger partial charge >= 0.3 is 0 Å². The molecule has 0 saturated heterocycles. The lowest BCUT2D eigenvalue weighted by molar-refractivity contribution is 0.174. The number of aromatic nitrogens is 2. The van der Waals surface area contributed by atoms with Crippen LogP contribution in [0.5, 0.6) is 0 Å². The van der Waals surface area contributed by atoms with Crippen LogP contribution in [0, 0.1) is 0 Å². The molecular weight excluding hydrogens is 310 g/mol. The highest BCUT2D eigenvalue weighted by molar-refractivity contribution is 6.31. The van der Waals surface area contributed by atoms with Gasteiger partial charge in [-0.25, -0.2) is 0 Å². The minimum Gasteiger partial charge on any atom is -0.387 e. The van der Waals surface area contributed by atoms with Gasteiger partial charge in [0.25, 0.3) is 0 Å². The number of rotatable bonds is 6. The van der Waals surface area contributed by atoms with E-state index in [1.54, 1.807) is 6.07 Å². The largest absolute Gasteiger partial charge is 0.387 e. The Bertz CT molecular complexity index is 758. The third kappa shape index (κ3) is 3.99. The third-order valence-corrected chi connectivity index (χ3v) is 3.96. The topological polar surface area (TPSA) is 60.9 Å². The van der Waals surface area contributed by atoms with Gasteiger partial charge in [0.2, 0.25) is 0 Å². The number of nitrogens with one attached hydrogen (secondary N) is 2. The van der Waals surface area contributed by atoms with Crippen LogP contribution < -0.4 is 5.32 Å². The molecule has 1 atom stereocenters. The Hall–Kier alpha value is -2.14. The number of nitrogens with zero attached hydrogens (tertiary/aromatic N) is 1. The Morgan fingerprint density at radius 3 is 2.61 bits per heavy atom. The molecule has 0 aliphatic heterocycles. The first kappa shape index (κ1) is 15.7. The van der Waals surface area contributed by atoms with E-state index in [1.807, 2.05) is 54.6 Å². The quantitative estimate of drug-likeness (QED) is 0.649. The van der Waals surface area contributed by atoms with Crippen molar-refractivity contribution in [3.8, 4) is 11.3 Å². The molecule has 3 rings (SSSR count). The standard InChI is InChI=1S/C18H18ClN3O/c19-16-9-5-4-8-15(16)18(23)12-20-11-14-10-17(22-21-14)13-6-2-1-3-7-13/h1-10,18,20,23H,11-12H2,(H,21,22). The molecule has 0 saturated carbocycles. The smallest absolute Gasteiger partial charge is 0.0928 e. The van der Waals surface area contributed by atoms with E-state index in [-0.39, 0.29) is 0 Å². The van der Waals surface area contributed by atoms with Crippen molar-refractivity contribution in [1.82, 2.24) is 15.5 Å². The minimum absolute atomic E-state index is 0.420. The summed E-state index contributed by atoms with van der Waals surface area (Å²) in [6.07, 6.45) is -0.639. The lowest BCUT2D eigenvalue weighted by Gasteiger charge is -2.13. The molecule has 3 N–H and O–H groups in total. The number of benzene rings is 2. The van der Waals surface area contributed by atoms with Gasteiger partial charge in [-0.05, 0) is 12.1 Å². The zero-order chi connectivity index (χ0) is 16.1. The Kier molecular flexibility index (Phi) is 5.08. The number of halogens is 1. The van der Waals surface area contributed by atoms with E-state index >= 15 is 0 Å². The van der Waals surface area contributed by atoms with Crippen LogP contribution >= 0.6 is 11.6 Å². The summed E-state index contributed by atoms with van der Waals surface area (Å²) < 4.78 is 0. The van der Waals surface area contributed by atoms with Crippen LogP contribution in [0.1, 0.15) is 17.4 Å². The normalized spacial score (nSPS) is 12.3. The fourth-order valence-corrected chi connectivity index (χ4v) is 2.67. The van der Waals surface area contributed by atoms with Gasteiger partial charge in [-0.2, -0.15) is 5.10 Å². The molecule has 0 spiro atoms. The van der Waals surface area contributed by atoms with Gasteiger partial charge in [0.1, 0.15) is 0 Å². The van der Waals surface area contributed by atoms with Crippen molar-refractivity contribution >= 4 is 11.6 Å². The second-order valence-corrected chi connectivity index (χ2v) is 5.72. The lowest BCUT2D eigenvalue weighted by Crippen LogP contribution is -2.21. The molecule has 23 heavy (non-hydrogen) atoms. The van der Waals surface area contributed by atoms with Crippen LogP contribution in [0.2, 0.25) is 5.02 Å². The summed E-state index contributed by atoms with van der Waals surface area (Å²) in [6, 6.07) is 19.3. The van der Waals surface area contributed by atoms with Crippen molar-refractivity contribution in [2.75, 3.05) is 6.54 Å². The van der Waals surface area contributed by atoms with E-state index in [0.29, 0.717) is 18.1 Å². The number of H-pyrrole nitrogens is 1. The van der Waals surface area contributed by atoms with E-state index in [0.717, 1.165) is 22.5 Å². The summed E-state index contributed by atoms with van der Waals surface area (Å²) in [7, 11) is 0. The Balaban J connectivity index is 1.55. The summed E-state index contributed by atoms with van der Waals surface area (Å²) in [5.41, 5.74) is 3.69. The molecule has 5 heteroatoms. The zero-order valence-electron chi connectivity index (χ0n) is 12.5. The van der Waals surface area contributed by atoms with Crippen LogP contribution in [-0.2, 0) is 6.54 Å². The van der Waals surface area contributed by atoms with E-state index in [2.05, 4.69) is 15.5 Å². The number of aliphatic hydroxyl groups is 1. The molecule has 2 aromatic carbocycles. The second-order valence-electron chi connectivity index (χ2n) is 5.31. The Morgan fingerprint density at radius 2 is 1.83 bits per heavy atom. The van der Waals surface area contributed by atoms with E-state index in [1.165, 1.54) is 0 Å². The summed E-state index contributed by atoms with van der Waals surface area (Å²) in [6.45, 7) is 1.02. The maximum Gasteiger partial charge on any atom is 0.0928 e. The van der Waals surface area contributed by atoms with Crippen LogP contribution in [0.3, 0.4) is 0 Å². The summed E-state index contributed by atoms with van der Waals surface area (Å²) in [4.78, 5) is 0. The zero-order valence-corrected chi connectivity index (χ0v) is 13.3. The molecule has 3 aromatic rings. The number of aromatic amines is 1. The molecule has 0 amide bonds. The van der Waals surface area contributed by atoms with Crippen molar-refractivity contribution in [3.05, 3.63) is 76.9 Å². The van der Waals surface area contributed by atoms with Gasteiger partial charge in [-0.3, -0.25) is 5.10 Å². The van der Waals surface area contributed by atoms with E-state index in [4.69, 9.17) is 11.6 Å². The SMILES string of the molecule is OC(CNCc1cc(-c2ccccc2)n[nH]1)c1ccccc1Cl. The van der Waals surface area contributed by atoms with Crippen molar-refractivity contribution in [2.24, 2.45) is 0 Å². The van der Waals surface area contributed by atoms with Gasteiger partial charge in [0.15, 0.2) is 0 Å². The predicted molar refractivity (Wildman–Crippen MR) is 92.1 cm³/mol. The molecule has 0 fully saturated rings. The molecule has 4 nitrogen and oxygen atoms in total. The molecule has 0 radical (unpaired) electrons. The molecule has 0 bridgehead atoms. The average molecular weight is 328 g/mol. The Morgan fingerprint density at radius 1 is 1.09 bits per heavy atom. The van der Waals surface area contributed by atoms with E-state index in [9.17, 15) is 5.11 Å². The number of hydrogen-bond donors (Lipinski definition) is 3. The monoisotopic (exact) mass is 327 g/mol. The highest BCUT2D eigenvalue weighted by Crippen LogP contribution is 2.22. The number of aliphatic hydroxyl groups excluding tert-OH is 1. The van der Waals surface area contributed by atoms with Gasteiger partial charge in [-0.15, -0.1) is 0 Å². The molecule has 1 aromatic heterocycles. The maximum absolute atomic E-state index is 10.2. The van der Waals surface area contributed by atoms with Crippen molar-refractivity contribution in [3.63, 3.8) is 0 Å². The van der Waals surface area contributed by atoms with Crippen molar-refractivity contribution in [1.29, 1.82) is 0 Å². The summed E-state index contributed by atoms with van der Waals surface area (Å²) in [5.74, 6) is 0. The maximum atomic E-state index is 10.2. The lowest BCUT2D eigenvalue weighted by atomic mass is 10.1. The van der Waals surface area contributed by atoms with Gasteiger partial charge < -0.3 is 10.4 Å². The molecule has 118 valence electrons. The highest BCUT2D eigenvalue weighted by atomic mass is 35.5. The summed E-state index contributed by atoms with van der Waals surface area (Å²) in [5, 5.41) is 21.3. The first-order valence-corrected chi connectivity index (χ1v) is 7.85. The van der Waals surface area contributed by atoms with Crippen LogP contribution in [0.25, 0.3) is 11.3 Å². The minimum atomic E-state index is -0.639. The molecular formula is C18H18ClN3O. The summed E-state index contributed by atoms with van der Waals surface area (Å²) >= 11 is 6.08. The molecule has 1 unspecified atom stereocenters. The third-order valence-electron chi connectivity index (χ3n) is 3.62. The van der Waals surface area contributed by atoms with Crippen LogP contribution in [0.15, 0.2) is 60.7 Å². The Labute approximate surface area is 140 Å². The number of hydrogen-bond acceptors (Lipinski definition) is 3. The van der Waals surface area contributed by atoms with Crippen molar-refractivity contribution in [2.45, 2.75) is 12.6 Å².